The number of carbonyl (C=O) groups is 1. The summed E-state index contributed by atoms with van der Waals surface area (Å²) in [5.41, 5.74) is 1.49. The van der Waals surface area contributed by atoms with Crippen LogP contribution in [-0.4, -0.2) is 15.8 Å². The van der Waals surface area contributed by atoms with Gasteiger partial charge in [-0.3, -0.25) is 9.36 Å². The molecule has 0 radical (unpaired) electrons. The molecular formula is C10H5BrI2N2O. The van der Waals surface area contributed by atoms with Crippen molar-refractivity contribution in [2.75, 3.05) is 0 Å². The summed E-state index contributed by atoms with van der Waals surface area (Å²) in [6.45, 7) is 0. The summed E-state index contributed by atoms with van der Waals surface area (Å²) in [5.74, 6) is 0. The Bertz CT molecular complexity index is 554. The van der Waals surface area contributed by atoms with Crippen LogP contribution >= 0.6 is 61.1 Å². The number of aromatic nitrogens is 2. The third-order valence-corrected chi connectivity index (χ3v) is 5.39. The topological polar surface area (TPSA) is 34.9 Å². The number of aldehydes is 1. The van der Waals surface area contributed by atoms with E-state index in [1.807, 2.05) is 16.7 Å². The molecule has 1 heterocycles. The minimum absolute atomic E-state index is 0.648. The minimum atomic E-state index is 0.648. The second-order valence-electron chi connectivity index (χ2n) is 3.02. The molecule has 0 amide bonds. The van der Waals surface area contributed by atoms with E-state index in [1.54, 1.807) is 12.4 Å². The second-order valence-corrected chi connectivity index (χ2v) is 5.98. The molecule has 0 aliphatic carbocycles. The molecule has 1 aromatic carbocycles. The van der Waals surface area contributed by atoms with Crippen molar-refractivity contribution in [1.82, 2.24) is 9.55 Å². The molecule has 2 aromatic rings. The summed E-state index contributed by atoms with van der Waals surface area (Å²) in [4.78, 5) is 15.2. The molecule has 0 fully saturated rings. The van der Waals surface area contributed by atoms with Gasteiger partial charge in [0.1, 0.15) is 13.7 Å². The number of rotatable bonds is 2. The van der Waals surface area contributed by atoms with Gasteiger partial charge in [0.05, 0.1) is 5.69 Å². The zero-order valence-electron chi connectivity index (χ0n) is 7.82. The Hall–Kier alpha value is 0.0400. The quantitative estimate of drug-likeness (QED) is 0.464. The van der Waals surface area contributed by atoms with E-state index >= 15 is 0 Å². The Morgan fingerprint density at radius 2 is 2.12 bits per heavy atom. The first-order valence-corrected chi connectivity index (χ1v) is 7.22. The smallest absolute Gasteiger partial charge is 0.152 e. The van der Waals surface area contributed by atoms with Gasteiger partial charge in [-0.15, -0.1) is 0 Å². The average molecular weight is 503 g/mol. The van der Waals surface area contributed by atoms with E-state index in [9.17, 15) is 4.79 Å². The average Bonchev–Trinajstić information content (AvgIpc) is 2.60. The van der Waals surface area contributed by atoms with E-state index in [2.05, 4.69) is 66.1 Å². The SMILES string of the molecule is O=Cc1ccc(Br)cc1-n1cnc(I)c1I. The Labute approximate surface area is 128 Å². The summed E-state index contributed by atoms with van der Waals surface area (Å²) in [7, 11) is 0. The van der Waals surface area contributed by atoms with E-state index < -0.39 is 0 Å². The minimum Gasteiger partial charge on any atom is -0.298 e. The van der Waals surface area contributed by atoms with Crippen LogP contribution in [0.5, 0.6) is 0 Å². The van der Waals surface area contributed by atoms with Crippen LogP contribution in [0.1, 0.15) is 10.4 Å². The molecular weight excluding hydrogens is 498 g/mol. The maximum absolute atomic E-state index is 11.0. The zero-order chi connectivity index (χ0) is 11.7. The lowest BCUT2D eigenvalue weighted by atomic mass is 10.2. The highest BCUT2D eigenvalue weighted by molar-refractivity contribution is 14.1. The zero-order valence-corrected chi connectivity index (χ0v) is 13.7. The number of halogens is 3. The van der Waals surface area contributed by atoms with E-state index in [-0.39, 0.29) is 0 Å². The van der Waals surface area contributed by atoms with Gasteiger partial charge >= 0.3 is 0 Å². The molecule has 0 bridgehead atoms. The Morgan fingerprint density at radius 3 is 2.69 bits per heavy atom. The van der Waals surface area contributed by atoms with Crippen molar-refractivity contribution in [3.05, 3.63) is 42.0 Å². The number of carbonyl (C=O) groups excluding carboxylic acids is 1. The normalized spacial score (nSPS) is 10.4. The highest BCUT2D eigenvalue weighted by Crippen LogP contribution is 2.23. The van der Waals surface area contributed by atoms with Gasteiger partial charge in [-0.05, 0) is 63.4 Å². The molecule has 0 saturated carbocycles. The van der Waals surface area contributed by atoms with Crippen LogP contribution in [0.3, 0.4) is 0 Å². The maximum atomic E-state index is 11.0. The number of hydrogen-bond donors (Lipinski definition) is 0. The molecule has 0 aliphatic heterocycles. The van der Waals surface area contributed by atoms with E-state index in [4.69, 9.17) is 0 Å². The van der Waals surface area contributed by atoms with E-state index in [0.717, 1.165) is 23.8 Å². The first-order valence-electron chi connectivity index (χ1n) is 4.27. The lowest BCUT2D eigenvalue weighted by molar-refractivity contribution is 0.112. The number of imidazole rings is 1. The lowest BCUT2D eigenvalue weighted by Crippen LogP contribution is -2.00. The fourth-order valence-electron chi connectivity index (χ4n) is 1.30. The molecule has 0 N–H and O–H groups in total. The molecule has 1 aromatic heterocycles. The number of nitrogens with zero attached hydrogens (tertiary/aromatic N) is 2. The predicted octanol–water partition coefficient (Wildman–Crippen LogP) is 3.66. The van der Waals surface area contributed by atoms with Crippen molar-refractivity contribution in [2.24, 2.45) is 0 Å². The predicted molar refractivity (Wildman–Crippen MR) is 82.1 cm³/mol. The van der Waals surface area contributed by atoms with Crippen molar-refractivity contribution in [2.45, 2.75) is 0 Å². The van der Waals surface area contributed by atoms with Gasteiger partial charge in [0.15, 0.2) is 6.29 Å². The number of benzene rings is 1. The summed E-state index contributed by atoms with van der Waals surface area (Å²) in [6.07, 6.45) is 2.57. The van der Waals surface area contributed by atoms with Crippen molar-refractivity contribution < 1.29 is 4.79 Å². The highest BCUT2D eigenvalue weighted by atomic mass is 127. The van der Waals surface area contributed by atoms with Gasteiger partial charge in [0.2, 0.25) is 0 Å². The van der Waals surface area contributed by atoms with Gasteiger partial charge in [-0.1, -0.05) is 15.9 Å². The van der Waals surface area contributed by atoms with Crippen LogP contribution in [-0.2, 0) is 0 Å². The van der Waals surface area contributed by atoms with Crippen LogP contribution in [0.15, 0.2) is 29.0 Å². The van der Waals surface area contributed by atoms with Crippen LogP contribution in [0.4, 0.5) is 0 Å². The first kappa shape index (κ1) is 12.5. The monoisotopic (exact) mass is 502 g/mol. The van der Waals surface area contributed by atoms with Crippen molar-refractivity contribution in [3.63, 3.8) is 0 Å². The fourth-order valence-corrected chi connectivity index (χ4v) is 2.56. The van der Waals surface area contributed by atoms with Gasteiger partial charge in [-0.2, -0.15) is 0 Å². The van der Waals surface area contributed by atoms with Gasteiger partial charge in [-0.25, -0.2) is 4.98 Å². The Morgan fingerprint density at radius 1 is 1.38 bits per heavy atom. The third-order valence-electron chi connectivity index (χ3n) is 2.05. The van der Waals surface area contributed by atoms with Crippen molar-refractivity contribution in [3.8, 4) is 5.69 Å². The van der Waals surface area contributed by atoms with Gasteiger partial charge in [0.25, 0.3) is 0 Å². The molecule has 82 valence electrons. The molecule has 0 atom stereocenters. The Balaban J connectivity index is 2.67. The largest absolute Gasteiger partial charge is 0.298 e. The molecule has 0 saturated heterocycles. The number of hydrogen-bond acceptors (Lipinski definition) is 2. The molecule has 0 aliphatic rings. The van der Waals surface area contributed by atoms with Gasteiger partial charge in [0, 0.05) is 10.0 Å². The van der Waals surface area contributed by atoms with Crippen LogP contribution < -0.4 is 0 Å². The molecule has 0 spiro atoms. The molecule has 6 heteroatoms. The maximum Gasteiger partial charge on any atom is 0.152 e. The van der Waals surface area contributed by atoms with Crippen molar-refractivity contribution >= 4 is 67.4 Å². The van der Waals surface area contributed by atoms with E-state index in [1.165, 1.54) is 0 Å². The highest BCUT2D eigenvalue weighted by Gasteiger charge is 2.10. The molecule has 2 rings (SSSR count). The second kappa shape index (κ2) is 5.13. The van der Waals surface area contributed by atoms with Crippen LogP contribution in [0.2, 0.25) is 0 Å². The van der Waals surface area contributed by atoms with E-state index in [0.29, 0.717) is 5.56 Å². The van der Waals surface area contributed by atoms with Crippen LogP contribution in [0.25, 0.3) is 5.69 Å². The fraction of sp³-hybridized carbons (Fsp3) is 0. The van der Waals surface area contributed by atoms with Crippen molar-refractivity contribution in [1.29, 1.82) is 0 Å². The third kappa shape index (κ3) is 2.33. The molecule has 16 heavy (non-hydrogen) atoms. The lowest BCUT2D eigenvalue weighted by Gasteiger charge is -2.07. The molecule has 3 nitrogen and oxygen atoms in total. The summed E-state index contributed by atoms with van der Waals surface area (Å²) in [5, 5.41) is 0. The standard InChI is InChI=1S/C10H5BrI2N2O/c11-7-2-1-6(4-16)8(3-7)15-5-14-9(12)10(15)13/h1-5H. The summed E-state index contributed by atoms with van der Waals surface area (Å²) < 4.78 is 4.76. The molecule has 0 unspecified atom stereocenters. The summed E-state index contributed by atoms with van der Waals surface area (Å²) in [6, 6.07) is 5.54. The van der Waals surface area contributed by atoms with Gasteiger partial charge < -0.3 is 0 Å². The summed E-state index contributed by atoms with van der Waals surface area (Å²) >= 11 is 7.78. The first-order chi connectivity index (χ1) is 7.63. The van der Waals surface area contributed by atoms with Crippen LogP contribution in [0, 0.1) is 7.40 Å². The Kier molecular flexibility index (Phi) is 4.01.